The van der Waals surface area contributed by atoms with Crippen LogP contribution in [0.3, 0.4) is 0 Å². The van der Waals surface area contributed by atoms with E-state index in [0.717, 1.165) is 0 Å². The molecule has 0 saturated carbocycles. The standard InChI is InChI=1S/C12H14N2O4/c1-17-8-3-4-10(18-2)9(7-8)14-6-5-11(15)13-12(14)16/h3-4,7H,5-6H2,1-2H3,(H,13,15,16). The van der Waals surface area contributed by atoms with Gasteiger partial charge in [-0.2, -0.15) is 0 Å². The molecule has 3 amide bonds. The molecule has 1 heterocycles. The molecule has 0 unspecified atom stereocenters. The van der Waals surface area contributed by atoms with Gasteiger partial charge in [0.25, 0.3) is 0 Å². The Kier molecular flexibility index (Phi) is 3.36. The van der Waals surface area contributed by atoms with Crippen LogP contribution in [0.4, 0.5) is 10.5 Å². The van der Waals surface area contributed by atoms with Crippen molar-refractivity contribution in [2.45, 2.75) is 6.42 Å². The van der Waals surface area contributed by atoms with Crippen molar-refractivity contribution >= 4 is 17.6 Å². The van der Waals surface area contributed by atoms with E-state index in [9.17, 15) is 9.59 Å². The number of hydrogen-bond donors (Lipinski definition) is 1. The number of nitrogens with one attached hydrogen (secondary N) is 1. The van der Waals surface area contributed by atoms with E-state index in [4.69, 9.17) is 9.47 Å². The lowest BCUT2D eigenvalue weighted by atomic mass is 10.2. The third-order valence-corrected chi connectivity index (χ3v) is 2.73. The molecule has 1 aliphatic heterocycles. The summed E-state index contributed by atoms with van der Waals surface area (Å²) < 4.78 is 10.3. The summed E-state index contributed by atoms with van der Waals surface area (Å²) in [5, 5.41) is 2.27. The second-order valence-corrected chi connectivity index (χ2v) is 3.79. The van der Waals surface area contributed by atoms with Crippen LogP contribution < -0.4 is 19.7 Å². The molecule has 1 saturated heterocycles. The topological polar surface area (TPSA) is 67.9 Å². The quantitative estimate of drug-likeness (QED) is 0.873. The van der Waals surface area contributed by atoms with E-state index < -0.39 is 6.03 Å². The zero-order valence-corrected chi connectivity index (χ0v) is 10.2. The number of hydrogen-bond acceptors (Lipinski definition) is 4. The first-order valence-electron chi connectivity index (χ1n) is 5.49. The number of carbonyl (C=O) groups excluding carboxylic acids is 2. The third kappa shape index (κ3) is 2.22. The summed E-state index contributed by atoms with van der Waals surface area (Å²) in [5.41, 5.74) is 0.585. The van der Waals surface area contributed by atoms with Gasteiger partial charge in [-0.1, -0.05) is 0 Å². The van der Waals surface area contributed by atoms with E-state index in [1.54, 1.807) is 25.3 Å². The fourth-order valence-electron chi connectivity index (χ4n) is 1.80. The van der Waals surface area contributed by atoms with Crippen LogP contribution in [0.25, 0.3) is 0 Å². The molecule has 0 bridgehead atoms. The lowest BCUT2D eigenvalue weighted by Crippen LogP contribution is -2.49. The zero-order chi connectivity index (χ0) is 13.1. The first-order valence-corrected chi connectivity index (χ1v) is 5.49. The Hall–Kier alpha value is -2.24. The highest BCUT2D eigenvalue weighted by Gasteiger charge is 2.26. The molecule has 6 nitrogen and oxygen atoms in total. The van der Waals surface area contributed by atoms with Crippen molar-refractivity contribution in [2.24, 2.45) is 0 Å². The Balaban J connectivity index is 2.36. The fourth-order valence-corrected chi connectivity index (χ4v) is 1.80. The van der Waals surface area contributed by atoms with Crippen molar-refractivity contribution in [1.82, 2.24) is 5.32 Å². The number of benzene rings is 1. The Morgan fingerprint density at radius 2 is 2.00 bits per heavy atom. The van der Waals surface area contributed by atoms with Crippen LogP contribution >= 0.6 is 0 Å². The zero-order valence-electron chi connectivity index (χ0n) is 10.2. The first kappa shape index (κ1) is 12.2. The highest BCUT2D eigenvalue weighted by atomic mass is 16.5. The number of methoxy groups -OCH3 is 2. The minimum absolute atomic E-state index is 0.266. The number of imide groups is 1. The fraction of sp³-hybridized carbons (Fsp3) is 0.333. The largest absolute Gasteiger partial charge is 0.497 e. The number of urea groups is 1. The van der Waals surface area contributed by atoms with Crippen molar-refractivity contribution in [3.63, 3.8) is 0 Å². The van der Waals surface area contributed by atoms with E-state index in [1.807, 2.05) is 0 Å². The summed E-state index contributed by atoms with van der Waals surface area (Å²) in [7, 11) is 3.07. The Morgan fingerprint density at radius 1 is 1.22 bits per heavy atom. The second kappa shape index (κ2) is 4.95. The molecule has 1 fully saturated rings. The number of ether oxygens (including phenoxy) is 2. The molecule has 1 N–H and O–H groups in total. The molecule has 96 valence electrons. The van der Waals surface area contributed by atoms with E-state index in [2.05, 4.69) is 5.32 Å². The summed E-state index contributed by atoms with van der Waals surface area (Å²) in [6.45, 7) is 0.328. The average Bonchev–Trinajstić information content (AvgIpc) is 2.38. The van der Waals surface area contributed by atoms with Crippen LogP contribution in [-0.4, -0.2) is 32.7 Å². The maximum atomic E-state index is 11.8. The average molecular weight is 250 g/mol. The van der Waals surface area contributed by atoms with Crippen LogP contribution in [0.1, 0.15) is 6.42 Å². The molecular weight excluding hydrogens is 236 g/mol. The van der Waals surface area contributed by atoms with Crippen LogP contribution in [0.15, 0.2) is 18.2 Å². The van der Waals surface area contributed by atoms with Gasteiger partial charge in [0.1, 0.15) is 11.5 Å². The lowest BCUT2D eigenvalue weighted by molar-refractivity contribution is -0.120. The van der Waals surface area contributed by atoms with Crippen molar-refractivity contribution in [3.05, 3.63) is 18.2 Å². The minimum Gasteiger partial charge on any atom is -0.497 e. The maximum absolute atomic E-state index is 11.8. The van der Waals surface area contributed by atoms with Crippen LogP contribution in [0.2, 0.25) is 0 Å². The van der Waals surface area contributed by atoms with Gasteiger partial charge in [0.2, 0.25) is 5.91 Å². The van der Waals surface area contributed by atoms with E-state index >= 15 is 0 Å². The molecule has 2 rings (SSSR count). The number of carbonyl (C=O) groups is 2. The predicted octanol–water partition coefficient (Wildman–Crippen LogP) is 1.15. The summed E-state index contributed by atoms with van der Waals surface area (Å²) in [6, 6.07) is 4.72. The molecule has 1 aromatic carbocycles. The van der Waals surface area contributed by atoms with Crippen molar-refractivity contribution in [3.8, 4) is 11.5 Å². The molecule has 1 aromatic rings. The Bertz CT molecular complexity index is 487. The van der Waals surface area contributed by atoms with E-state index in [1.165, 1.54) is 12.0 Å². The highest BCUT2D eigenvalue weighted by Crippen LogP contribution is 2.33. The molecule has 0 atom stereocenters. The summed E-state index contributed by atoms with van der Waals surface area (Å²) in [6.07, 6.45) is 0.270. The summed E-state index contributed by atoms with van der Waals surface area (Å²) >= 11 is 0. The Labute approximate surface area is 104 Å². The minimum atomic E-state index is -0.446. The smallest absolute Gasteiger partial charge is 0.328 e. The van der Waals surface area contributed by atoms with Gasteiger partial charge in [0.15, 0.2) is 0 Å². The molecule has 0 spiro atoms. The van der Waals surface area contributed by atoms with E-state index in [-0.39, 0.29) is 12.3 Å². The Morgan fingerprint density at radius 3 is 2.61 bits per heavy atom. The molecule has 0 aromatic heterocycles. The highest BCUT2D eigenvalue weighted by molar-refractivity contribution is 6.06. The number of amides is 3. The molecule has 0 aliphatic carbocycles. The summed E-state index contributed by atoms with van der Waals surface area (Å²) in [5.74, 6) is 0.911. The maximum Gasteiger partial charge on any atom is 0.328 e. The van der Waals surface area contributed by atoms with E-state index in [0.29, 0.717) is 23.7 Å². The van der Waals surface area contributed by atoms with Gasteiger partial charge in [-0.05, 0) is 12.1 Å². The monoisotopic (exact) mass is 250 g/mol. The molecule has 0 radical (unpaired) electrons. The number of anilines is 1. The first-order chi connectivity index (χ1) is 8.65. The van der Waals surface area contributed by atoms with Crippen molar-refractivity contribution in [1.29, 1.82) is 0 Å². The van der Waals surface area contributed by atoms with Gasteiger partial charge in [0.05, 0.1) is 19.9 Å². The van der Waals surface area contributed by atoms with Gasteiger partial charge in [0, 0.05) is 19.0 Å². The van der Waals surface area contributed by atoms with Crippen LogP contribution in [0, 0.1) is 0 Å². The summed E-state index contributed by atoms with van der Waals surface area (Å²) in [4.78, 5) is 24.3. The molecular formula is C12H14N2O4. The van der Waals surface area contributed by atoms with Gasteiger partial charge in [-0.15, -0.1) is 0 Å². The van der Waals surface area contributed by atoms with Crippen molar-refractivity contribution in [2.75, 3.05) is 25.7 Å². The van der Waals surface area contributed by atoms with Gasteiger partial charge >= 0.3 is 6.03 Å². The van der Waals surface area contributed by atoms with Crippen LogP contribution in [-0.2, 0) is 4.79 Å². The van der Waals surface area contributed by atoms with Crippen LogP contribution in [0.5, 0.6) is 11.5 Å². The molecule has 1 aliphatic rings. The third-order valence-electron chi connectivity index (χ3n) is 2.73. The van der Waals surface area contributed by atoms with Gasteiger partial charge < -0.3 is 9.47 Å². The molecule has 6 heteroatoms. The van der Waals surface area contributed by atoms with Crippen molar-refractivity contribution < 1.29 is 19.1 Å². The molecule has 18 heavy (non-hydrogen) atoms. The second-order valence-electron chi connectivity index (χ2n) is 3.79. The predicted molar refractivity (Wildman–Crippen MR) is 65.0 cm³/mol. The lowest BCUT2D eigenvalue weighted by Gasteiger charge is -2.28. The number of rotatable bonds is 3. The number of nitrogens with zero attached hydrogens (tertiary/aromatic N) is 1. The van der Waals surface area contributed by atoms with Gasteiger partial charge in [-0.3, -0.25) is 15.0 Å². The van der Waals surface area contributed by atoms with Gasteiger partial charge in [-0.25, -0.2) is 4.79 Å². The SMILES string of the molecule is COc1ccc(OC)c(N2CCC(=O)NC2=O)c1. The normalized spacial score (nSPS) is 15.3.